The minimum absolute atomic E-state index is 0.339. The summed E-state index contributed by atoms with van der Waals surface area (Å²) in [6, 6.07) is 6.14. The number of benzene rings is 1. The number of allylic oxidation sites excluding steroid dienone is 1. The van der Waals surface area contributed by atoms with E-state index >= 15 is 0 Å². The van der Waals surface area contributed by atoms with Crippen molar-refractivity contribution in [3.8, 4) is 0 Å². The molecule has 2 rings (SSSR count). The molecular formula is C16H20N2O3. The highest BCUT2D eigenvalue weighted by Crippen LogP contribution is 2.29. The number of carbonyl (C=O) groups excluding carboxylic acids is 1. The van der Waals surface area contributed by atoms with Crippen molar-refractivity contribution in [1.29, 1.82) is 0 Å². The van der Waals surface area contributed by atoms with E-state index in [0.29, 0.717) is 25.1 Å². The molecule has 112 valence electrons. The van der Waals surface area contributed by atoms with Crippen molar-refractivity contribution in [1.82, 2.24) is 10.2 Å². The zero-order valence-corrected chi connectivity index (χ0v) is 12.3. The van der Waals surface area contributed by atoms with Crippen molar-refractivity contribution in [2.75, 3.05) is 13.1 Å². The van der Waals surface area contributed by atoms with Crippen LogP contribution in [-0.4, -0.2) is 35.1 Å². The number of hydrogen-bond donors (Lipinski definition) is 2. The lowest BCUT2D eigenvalue weighted by molar-refractivity contribution is -0.142. The first kappa shape index (κ1) is 15.1. The van der Waals surface area contributed by atoms with E-state index in [2.05, 4.69) is 5.32 Å². The van der Waals surface area contributed by atoms with E-state index in [1.807, 2.05) is 32.1 Å². The summed E-state index contributed by atoms with van der Waals surface area (Å²) in [6.45, 7) is 4.72. The highest BCUT2D eigenvalue weighted by atomic mass is 16.4. The van der Waals surface area contributed by atoms with Crippen LogP contribution in [0, 0.1) is 0 Å². The molecule has 5 heteroatoms. The Morgan fingerprint density at radius 3 is 2.76 bits per heavy atom. The predicted molar refractivity (Wildman–Crippen MR) is 80.1 cm³/mol. The second-order valence-corrected chi connectivity index (χ2v) is 5.35. The van der Waals surface area contributed by atoms with Gasteiger partial charge in [-0.25, -0.2) is 9.59 Å². The number of carboxylic acids is 1. The van der Waals surface area contributed by atoms with Gasteiger partial charge in [0.25, 0.3) is 0 Å². The predicted octanol–water partition coefficient (Wildman–Crippen LogP) is 2.35. The van der Waals surface area contributed by atoms with Crippen molar-refractivity contribution in [2.45, 2.75) is 26.3 Å². The van der Waals surface area contributed by atoms with Crippen molar-refractivity contribution >= 4 is 12.0 Å². The van der Waals surface area contributed by atoms with Crippen LogP contribution in [0.1, 0.15) is 31.0 Å². The molecule has 0 spiro atoms. The Labute approximate surface area is 124 Å². The summed E-state index contributed by atoms with van der Waals surface area (Å²) in [7, 11) is 0. The van der Waals surface area contributed by atoms with Gasteiger partial charge in [-0.1, -0.05) is 35.9 Å². The summed E-state index contributed by atoms with van der Waals surface area (Å²) in [4.78, 5) is 25.2. The van der Waals surface area contributed by atoms with Crippen LogP contribution in [0.2, 0.25) is 0 Å². The van der Waals surface area contributed by atoms with Crippen molar-refractivity contribution < 1.29 is 14.7 Å². The van der Waals surface area contributed by atoms with Gasteiger partial charge in [0.05, 0.1) is 0 Å². The summed E-state index contributed by atoms with van der Waals surface area (Å²) in [5.74, 6) is -1.00. The molecule has 0 bridgehead atoms. The lowest BCUT2D eigenvalue weighted by atomic mass is 9.93. The van der Waals surface area contributed by atoms with E-state index in [0.717, 1.165) is 11.1 Å². The molecule has 1 atom stereocenters. The quantitative estimate of drug-likeness (QED) is 0.839. The van der Waals surface area contributed by atoms with Gasteiger partial charge in [-0.05, 0) is 31.4 Å². The summed E-state index contributed by atoms with van der Waals surface area (Å²) in [5, 5.41) is 12.2. The first-order chi connectivity index (χ1) is 10.0. The maximum absolute atomic E-state index is 12.2. The van der Waals surface area contributed by atoms with Crippen LogP contribution in [0.15, 0.2) is 35.9 Å². The molecule has 0 saturated carbocycles. The van der Waals surface area contributed by atoms with Gasteiger partial charge in [0.15, 0.2) is 6.04 Å². The van der Waals surface area contributed by atoms with E-state index in [9.17, 15) is 14.7 Å². The maximum Gasteiger partial charge on any atom is 0.331 e. The number of nitrogens with zero attached hydrogens (tertiary/aromatic N) is 1. The Hall–Kier alpha value is -2.30. The first-order valence-electron chi connectivity index (χ1n) is 6.99. The van der Waals surface area contributed by atoms with Crippen LogP contribution in [0.25, 0.3) is 0 Å². The van der Waals surface area contributed by atoms with Gasteiger partial charge in [0, 0.05) is 13.1 Å². The van der Waals surface area contributed by atoms with Gasteiger partial charge in [-0.2, -0.15) is 0 Å². The van der Waals surface area contributed by atoms with Crippen LogP contribution in [0.3, 0.4) is 0 Å². The Morgan fingerprint density at radius 1 is 1.38 bits per heavy atom. The fourth-order valence-corrected chi connectivity index (χ4v) is 2.50. The minimum atomic E-state index is -1.00. The average molecular weight is 288 g/mol. The Morgan fingerprint density at radius 2 is 2.10 bits per heavy atom. The van der Waals surface area contributed by atoms with Gasteiger partial charge < -0.3 is 15.3 Å². The summed E-state index contributed by atoms with van der Waals surface area (Å²) in [6.07, 6.45) is 2.57. The Balaban J connectivity index is 2.18. The summed E-state index contributed by atoms with van der Waals surface area (Å²) < 4.78 is 0. The molecule has 0 radical (unpaired) electrons. The van der Waals surface area contributed by atoms with Crippen LogP contribution in [0.5, 0.6) is 0 Å². The molecule has 0 aromatic heterocycles. The fraction of sp³-hybridized carbons (Fsp3) is 0.375. The lowest BCUT2D eigenvalue weighted by Crippen LogP contribution is -2.48. The molecule has 1 aromatic rings. The monoisotopic (exact) mass is 288 g/mol. The average Bonchev–Trinajstić information content (AvgIpc) is 2.45. The molecule has 2 amide bonds. The van der Waals surface area contributed by atoms with Crippen molar-refractivity contribution in [2.24, 2.45) is 0 Å². The van der Waals surface area contributed by atoms with Gasteiger partial charge in [0.2, 0.25) is 0 Å². The van der Waals surface area contributed by atoms with Crippen LogP contribution in [0.4, 0.5) is 4.79 Å². The molecule has 0 aliphatic carbocycles. The normalized spacial score (nSPS) is 16.9. The third-order valence-corrected chi connectivity index (χ3v) is 3.54. The maximum atomic E-state index is 12.2. The van der Waals surface area contributed by atoms with E-state index in [4.69, 9.17) is 0 Å². The molecule has 2 N–H and O–H groups in total. The standard InChI is InChI=1S/C16H20N2O3/c1-11(2)7-9-17-16(21)18-10-8-12-5-3-4-6-13(12)14(18)15(19)20/h3-7,14H,8-10H2,1-2H3,(H,17,21)(H,19,20). The smallest absolute Gasteiger partial charge is 0.331 e. The Kier molecular flexibility index (Phi) is 4.62. The topological polar surface area (TPSA) is 69.6 Å². The van der Waals surface area contributed by atoms with E-state index in [1.54, 1.807) is 12.1 Å². The van der Waals surface area contributed by atoms with Gasteiger partial charge in [-0.3, -0.25) is 0 Å². The lowest BCUT2D eigenvalue weighted by Gasteiger charge is -2.34. The SMILES string of the molecule is CC(C)=CCNC(=O)N1CCc2ccccc2C1C(=O)O. The second-order valence-electron chi connectivity index (χ2n) is 5.35. The van der Waals surface area contributed by atoms with Crippen molar-refractivity contribution in [3.05, 3.63) is 47.0 Å². The number of amides is 2. The van der Waals surface area contributed by atoms with Crippen LogP contribution < -0.4 is 5.32 Å². The number of aliphatic carboxylic acids is 1. The van der Waals surface area contributed by atoms with Crippen LogP contribution in [-0.2, 0) is 11.2 Å². The van der Waals surface area contributed by atoms with Gasteiger partial charge >= 0.3 is 12.0 Å². The number of rotatable bonds is 3. The number of hydrogen-bond acceptors (Lipinski definition) is 2. The number of carbonyl (C=O) groups is 2. The minimum Gasteiger partial charge on any atom is -0.479 e. The number of urea groups is 1. The van der Waals surface area contributed by atoms with Crippen molar-refractivity contribution in [3.63, 3.8) is 0 Å². The zero-order valence-electron chi connectivity index (χ0n) is 12.3. The fourth-order valence-electron chi connectivity index (χ4n) is 2.50. The third kappa shape index (κ3) is 3.42. The molecule has 1 aliphatic heterocycles. The summed E-state index contributed by atoms with van der Waals surface area (Å²) in [5.41, 5.74) is 2.81. The molecule has 1 aliphatic rings. The number of nitrogens with one attached hydrogen (secondary N) is 1. The molecule has 21 heavy (non-hydrogen) atoms. The molecule has 0 fully saturated rings. The molecule has 1 heterocycles. The second kappa shape index (κ2) is 6.43. The van der Waals surface area contributed by atoms with Gasteiger partial charge in [0.1, 0.15) is 0 Å². The van der Waals surface area contributed by atoms with E-state index in [1.165, 1.54) is 4.90 Å². The molecule has 1 aromatic carbocycles. The van der Waals surface area contributed by atoms with Gasteiger partial charge in [-0.15, -0.1) is 0 Å². The molecule has 1 unspecified atom stereocenters. The highest BCUT2D eigenvalue weighted by Gasteiger charge is 2.35. The third-order valence-electron chi connectivity index (χ3n) is 3.54. The Bertz CT molecular complexity index is 577. The van der Waals surface area contributed by atoms with E-state index < -0.39 is 12.0 Å². The number of fused-ring (bicyclic) bond motifs is 1. The van der Waals surface area contributed by atoms with E-state index in [-0.39, 0.29) is 6.03 Å². The highest BCUT2D eigenvalue weighted by molar-refractivity contribution is 5.84. The largest absolute Gasteiger partial charge is 0.479 e. The first-order valence-corrected chi connectivity index (χ1v) is 6.99. The molecule has 0 saturated heterocycles. The van der Waals surface area contributed by atoms with Crippen LogP contribution >= 0.6 is 0 Å². The summed E-state index contributed by atoms with van der Waals surface area (Å²) >= 11 is 0. The molecular weight excluding hydrogens is 268 g/mol. The zero-order chi connectivity index (χ0) is 15.4. The molecule has 5 nitrogen and oxygen atoms in total. The number of carboxylic acid groups (broad SMARTS) is 1.